The number of hydrogen-bond donors (Lipinski definition) is 0. The molecular formula is C42H30N2. The first-order chi connectivity index (χ1) is 21.8. The summed E-state index contributed by atoms with van der Waals surface area (Å²) in [6.45, 7) is 0. The summed E-state index contributed by atoms with van der Waals surface area (Å²) >= 11 is 0. The molecule has 6 aromatic carbocycles. The minimum Gasteiger partial charge on any atom is -0.310 e. The summed E-state index contributed by atoms with van der Waals surface area (Å²) in [5, 5.41) is 3.89. The van der Waals surface area contributed by atoms with E-state index in [1.807, 2.05) is 0 Å². The fourth-order valence-corrected chi connectivity index (χ4v) is 7.18. The molecule has 2 heterocycles. The van der Waals surface area contributed by atoms with E-state index >= 15 is 0 Å². The molecule has 0 N–H and O–H groups in total. The highest BCUT2D eigenvalue weighted by molar-refractivity contribution is 6.10. The summed E-state index contributed by atoms with van der Waals surface area (Å²) in [4.78, 5) is 0. The molecule has 9 rings (SSSR count). The minimum absolute atomic E-state index is 1.09. The van der Waals surface area contributed by atoms with Crippen molar-refractivity contribution in [3.8, 4) is 33.6 Å². The highest BCUT2D eigenvalue weighted by Gasteiger charge is 2.20. The van der Waals surface area contributed by atoms with Gasteiger partial charge in [0.25, 0.3) is 0 Å². The predicted octanol–water partition coefficient (Wildman–Crippen LogP) is 11.0. The van der Waals surface area contributed by atoms with Crippen molar-refractivity contribution in [2.24, 2.45) is 0 Å². The van der Waals surface area contributed by atoms with E-state index in [2.05, 4.69) is 167 Å². The molecule has 0 bridgehead atoms. The first-order valence-corrected chi connectivity index (χ1v) is 15.4. The Labute approximate surface area is 256 Å². The van der Waals surface area contributed by atoms with Gasteiger partial charge in [-0.25, -0.2) is 0 Å². The number of aromatic nitrogens is 2. The topological polar surface area (TPSA) is 9.86 Å². The maximum absolute atomic E-state index is 2.45. The Hall–Kier alpha value is -5.60. The summed E-state index contributed by atoms with van der Waals surface area (Å²) in [6, 6.07) is 53.0. The molecule has 0 saturated carbocycles. The quantitative estimate of drug-likeness (QED) is 0.202. The molecule has 0 aliphatic heterocycles. The van der Waals surface area contributed by atoms with Crippen molar-refractivity contribution < 1.29 is 0 Å². The van der Waals surface area contributed by atoms with Gasteiger partial charge in [0.1, 0.15) is 0 Å². The van der Waals surface area contributed by atoms with Gasteiger partial charge in [-0.2, -0.15) is 0 Å². The fourth-order valence-electron chi connectivity index (χ4n) is 7.18. The summed E-state index contributed by atoms with van der Waals surface area (Å²) in [6.07, 6.45) is 6.81. The Morgan fingerprint density at radius 1 is 0.409 bits per heavy atom. The van der Waals surface area contributed by atoms with Gasteiger partial charge in [0.05, 0.1) is 16.6 Å². The van der Waals surface area contributed by atoms with Crippen molar-refractivity contribution in [3.05, 3.63) is 163 Å². The van der Waals surface area contributed by atoms with E-state index in [4.69, 9.17) is 0 Å². The zero-order valence-corrected chi connectivity index (χ0v) is 24.3. The lowest BCUT2D eigenvalue weighted by Crippen LogP contribution is -2.00. The van der Waals surface area contributed by atoms with Crippen LogP contribution < -0.4 is 0 Å². The van der Waals surface area contributed by atoms with Crippen molar-refractivity contribution in [1.82, 2.24) is 9.13 Å². The Bertz CT molecular complexity index is 2380. The van der Waals surface area contributed by atoms with Crippen molar-refractivity contribution in [3.63, 3.8) is 0 Å². The van der Waals surface area contributed by atoms with Crippen LogP contribution in [-0.4, -0.2) is 9.13 Å². The minimum atomic E-state index is 1.09. The number of nitrogens with zero attached hydrogens (tertiary/aromatic N) is 2. The van der Waals surface area contributed by atoms with Gasteiger partial charge in [0.2, 0.25) is 0 Å². The Morgan fingerprint density at radius 2 is 1.02 bits per heavy atom. The van der Waals surface area contributed by atoms with Crippen LogP contribution >= 0.6 is 0 Å². The molecule has 1 aliphatic carbocycles. The number of rotatable bonds is 4. The molecule has 2 heteroatoms. The molecule has 44 heavy (non-hydrogen) atoms. The van der Waals surface area contributed by atoms with Crippen LogP contribution in [0.15, 0.2) is 152 Å². The zero-order valence-electron chi connectivity index (χ0n) is 24.3. The zero-order chi connectivity index (χ0) is 29.0. The van der Waals surface area contributed by atoms with E-state index in [-0.39, 0.29) is 0 Å². The molecule has 0 fully saturated rings. The van der Waals surface area contributed by atoms with Crippen molar-refractivity contribution in [1.29, 1.82) is 0 Å². The lowest BCUT2D eigenvalue weighted by Gasteiger charge is -2.13. The monoisotopic (exact) mass is 562 g/mol. The number of aryl methyl sites for hydroxylation is 1. The third kappa shape index (κ3) is 3.88. The maximum atomic E-state index is 2.45. The van der Waals surface area contributed by atoms with Crippen LogP contribution in [0.25, 0.3) is 72.4 Å². The standard InChI is InChI=1S/C42H30N2/c1-2-12-29(13-3-1)30-14-10-15-31(26-30)32-16-11-17-33(27-32)43-41-23-9-6-20-37(41)38-28-34(24-25-42(38)43)44-39-21-7-4-18-35(39)36-19-5-8-22-40(36)44/h1-4,6-18,20-28H,5,19H2. The molecule has 0 radical (unpaired) electrons. The molecule has 0 amide bonds. The van der Waals surface area contributed by atoms with Crippen molar-refractivity contribution >= 4 is 38.8 Å². The molecule has 0 spiro atoms. The maximum Gasteiger partial charge on any atom is 0.0542 e. The highest BCUT2D eigenvalue weighted by Crippen LogP contribution is 2.38. The van der Waals surface area contributed by atoms with Gasteiger partial charge in [-0.15, -0.1) is 0 Å². The SMILES string of the molecule is C1=Cc2c(c3ccccc3n2-c2ccc3c(c2)c2ccccc2n3-c2cccc(-c3cccc(-c4ccccc4)c3)c2)CC1. The van der Waals surface area contributed by atoms with Crippen LogP contribution in [0.4, 0.5) is 0 Å². The second-order valence-electron chi connectivity index (χ2n) is 11.7. The van der Waals surface area contributed by atoms with E-state index in [1.54, 1.807) is 0 Å². The van der Waals surface area contributed by atoms with Gasteiger partial charge in [-0.05, 0) is 95.3 Å². The number of para-hydroxylation sites is 2. The summed E-state index contributed by atoms with van der Waals surface area (Å²) in [7, 11) is 0. The van der Waals surface area contributed by atoms with E-state index < -0.39 is 0 Å². The Balaban J connectivity index is 1.22. The molecule has 208 valence electrons. The lowest BCUT2D eigenvalue weighted by atomic mass is 9.99. The van der Waals surface area contributed by atoms with Gasteiger partial charge in [0, 0.05) is 33.2 Å². The summed E-state index contributed by atoms with van der Waals surface area (Å²) < 4.78 is 4.87. The van der Waals surface area contributed by atoms with Gasteiger partial charge in [-0.3, -0.25) is 0 Å². The van der Waals surface area contributed by atoms with E-state index in [0.717, 1.165) is 12.8 Å². The smallest absolute Gasteiger partial charge is 0.0542 e. The number of fused-ring (bicyclic) bond motifs is 6. The van der Waals surface area contributed by atoms with Crippen LogP contribution in [-0.2, 0) is 6.42 Å². The predicted molar refractivity (Wildman–Crippen MR) is 186 cm³/mol. The molecule has 1 aliphatic rings. The van der Waals surface area contributed by atoms with Crippen molar-refractivity contribution in [2.45, 2.75) is 12.8 Å². The van der Waals surface area contributed by atoms with Gasteiger partial charge < -0.3 is 9.13 Å². The normalized spacial score (nSPS) is 12.7. The van der Waals surface area contributed by atoms with Gasteiger partial charge >= 0.3 is 0 Å². The Morgan fingerprint density at radius 3 is 1.86 bits per heavy atom. The third-order valence-corrected chi connectivity index (χ3v) is 9.18. The fraction of sp³-hybridized carbons (Fsp3) is 0.0476. The van der Waals surface area contributed by atoms with Gasteiger partial charge in [-0.1, -0.05) is 103 Å². The molecule has 0 saturated heterocycles. The second kappa shape index (κ2) is 10.00. The van der Waals surface area contributed by atoms with E-state index in [1.165, 1.54) is 77.6 Å². The largest absolute Gasteiger partial charge is 0.310 e. The van der Waals surface area contributed by atoms with E-state index in [9.17, 15) is 0 Å². The molecule has 0 unspecified atom stereocenters. The summed E-state index contributed by atoms with van der Waals surface area (Å²) in [5.41, 5.74) is 13.7. The average Bonchev–Trinajstić information content (AvgIpc) is 3.61. The van der Waals surface area contributed by atoms with E-state index in [0.29, 0.717) is 0 Å². The number of hydrogen-bond acceptors (Lipinski definition) is 0. The van der Waals surface area contributed by atoms with Crippen LogP contribution in [0, 0.1) is 0 Å². The molecule has 2 nitrogen and oxygen atoms in total. The highest BCUT2D eigenvalue weighted by atomic mass is 15.0. The number of benzene rings is 6. The third-order valence-electron chi connectivity index (χ3n) is 9.18. The van der Waals surface area contributed by atoms with Crippen LogP contribution in [0.2, 0.25) is 0 Å². The van der Waals surface area contributed by atoms with Crippen molar-refractivity contribution in [2.75, 3.05) is 0 Å². The second-order valence-corrected chi connectivity index (χ2v) is 11.7. The first-order valence-electron chi connectivity index (χ1n) is 15.4. The molecule has 2 aromatic heterocycles. The summed E-state index contributed by atoms with van der Waals surface area (Å²) in [5.74, 6) is 0. The van der Waals surface area contributed by atoms with Crippen LogP contribution in [0.3, 0.4) is 0 Å². The Kier molecular flexibility index (Phi) is 5.67. The average molecular weight is 563 g/mol. The number of allylic oxidation sites excluding steroid dienone is 1. The van der Waals surface area contributed by atoms with Gasteiger partial charge in [0.15, 0.2) is 0 Å². The molecule has 8 aromatic rings. The lowest BCUT2D eigenvalue weighted by molar-refractivity contribution is 0.968. The first kappa shape index (κ1) is 24.9. The molecule has 0 atom stereocenters. The van der Waals surface area contributed by atoms with Crippen LogP contribution in [0.1, 0.15) is 17.7 Å². The molecular weight excluding hydrogens is 532 g/mol. The van der Waals surface area contributed by atoms with Crippen LogP contribution in [0.5, 0.6) is 0 Å².